The number of aromatic nitrogens is 1. The lowest BCUT2D eigenvalue weighted by Gasteiger charge is -2.22. The monoisotopic (exact) mass is 234 g/mol. The second-order valence-electron chi connectivity index (χ2n) is 4.89. The summed E-state index contributed by atoms with van der Waals surface area (Å²) in [6.45, 7) is 6.30. The molecule has 0 fully saturated rings. The molecule has 0 aliphatic heterocycles. The van der Waals surface area contributed by atoms with Gasteiger partial charge in [0.05, 0.1) is 0 Å². The number of halogens is 1. The SMILES string of the molecule is CC(C)(C)Nc1nc(Cl)cc2ccccc12. The van der Waals surface area contributed by atoms with Gasteiger partial charge in [0.1, 0.15) is 11.0 Å². The lowest BCUT2D eigenvalue weighted by Crippen LogP contribution is -2.26. The average Bonchev–Trinajstić information content (AvgIpc) is 2.14. The van der Waals surface area contributed by atoms with Gasteiger partial charge in [-0.25, -0.2) is 4.98 Å². The molecule has 0 atom stereocenters. The molecule has 0 unspecified atom stereocenters. The highest BCUT2D eigenvalue weighted by Crippen LogP contribution is 2.26. The van der Waals surface area contributed by atoms with Crippen molar-refractivity contribution in [1.29, 1.82) is 0 Å². The lowest BCUT2D eigenvalue weighted by molar-refractivity contribution is 0.631. The molecular formula is C13H15ClN2. The molecule has 0 spiro atoms. The van der Waals surface area contributed by atoms with Crippen LogP contribution in [0.3, 0.4) is 0 Å². The molecule has 0 aliphatic rings. The predicted octanol–water partition coefficient (Wildman–Crippen LogP) is 4.10. The molecule has 2 aromatic rings. The van der Waals surface area contributed by atoms with Crippen LogP contribution in [0.5, 0.6) is 0 Å². The minimum absolute atomic E-state index is 0.0273. The van der Waals surface area contributed by atoms with Gasteiger partial charge in [0.15, 0.2) is 0 Å². The topological polar surface area (TPSA) is 24.9 Å². The molecule has 2 nitrogen and oxygen atoms in total. The molecule has 1 aromatic carbocycles. The highest BCUT2D eigenvalue weighted by atomic mass is 35.5. The molecular weight excluding hydrogens is 220 g/mol. The highest BCUT2D eigenvalue weighted by Gasteiger charge is 2.13. The van der Waals surface area contributed by atoms with Gasteiger partial charge >= 0.3 is 0 Å². The second-order valence-corrected chi connectivity index (χ2v) is 5.28. The fourth-order valence-electron chi connectivity index (χ4n) is 1.62. The molecule has 1 aromatic heterocycles. The van der Waals surface area contributed by atoms with Gasteiger partial charge in [0, 0.05) is 10.9 Å². The molecule has 0 aliphatic carbocycles. The Morgan fingerprint density at radius 3 is 2.56 bits per heavy atom. The number of anilines is 1. The van der Waals surface area contributed by atoms with Crippen LogP contribution in [0.2, 0.25) is 5.15 Å². The summed E-state index contributed by atoms with van der Waals surface area (Å²) in [4.78, 5) is 4.34. The number of rotatable bonds is 1. The Morgan fingerprint density at radius 1 is 1.19 bits per heavy atom. The van der Waals surface area contributed by atoms with Gasteiger partial charge in [0.25, 0.3) is 0 Å². The van der Waals surface area contributed by atoms with Crippen molar-refractivity contribution in [1.82, 2.24) is 4.98 Å². The Bertz CT molecular complexity index is 515. The lowest BCUT2D eigenvalue weighted by atomic mass is 10.1. The van der Waals surface area contributed by atoms with Crippen LogP contribution >= 0.6 is 11.6 Å². The molecule has 1 N–H and O–H groups in total. The van der Waals surface area contributed by atoms with Crippen molar-refractivity contribution in [3.8, 4) is 0 Å². The third-order valence-corrected chi connectivity index (χ3v) is 2.40. The van der Waals surface area contributed by atoms with Crippen LogP contribution in [0.1, 0.15) is 20.8 Å². The van der Waals surface area contributed by atoms with Crippen LogP contribution in [0.15, 0.2) is 30.3 Å². The van der Waals surface area contributed by atoms with Crippen LogP contribution in [0.25, 0.3) is 10.8 Å². The zero-order valence-electron chi connectivity index (χ0n) is 9.71. The van der Waals surface area contributed by atoms with Crippen LogP contribution in [0.4, 0.5) is 5.82 Å². The molecule has 0 amide bonds. The largest absolute Gasteiger partial charge is 0.365 e. The van der Waals surface area contributed by atoms with Crippen LogP contribution in [-0.4, -0.2) is 10.5 Å². The number of nitrogens with one attached hydrogen (secondary N) is 1. The zero-order chi connectivity index (χ0) is 11.8. The van der Waals surface area contributed by atoms with Crippen molar-refractivity contribution >= 4 is 28.2 Å². The van der Waals surface area contributed by atoms with E-state index in [-0.39, 0.29) is 5.54 Å². The predicted molar refractivity (Wildman–Crippen MR) is 70.1 cm³/mol. The maximum absolute atomic E-state index is 6.00. The number of nitrogens with zero attached hydrogens (tertiary/aromatic N) is 1. The van der Waals surface area contributed by atoms with E-state index in [0.717, 1.165) is 16.6 Å². The summed E-state index contributed by atoms with van der Waals surface area (Å²) in [5.74, 6) is 0.843. The van der Waals surface area contributed by atoms with Gasteiger partial charge in [-0.2, -0.15) is 0 Å². The van der Waals surface area contributed by atoms with E-state index in [2.05, 4.69) is 31.1 Å². The van der Waals surface area contributed by atoms with Gasteiger partial charge < -0.3 is 5.32 Å². The number of fused-ring (bicyclic) bond motifs is 1. The minimum Gasteiger partial charge on any atom is -0.365 e. The summed E-state index contributed by atoms with van der Waals surface area (Å²) in [6.07, 6.45) is 0. The Labute approximate surface area is 101 Å². The summed E-state index contributed by atoms with van der Waals surface area (Å²) in [7, 11) is 0. The maximum atomic E-state index is 6.00. The summed E-state index contributed by atoms with van der Waals surface area (Å²) in [5.41, 5.74) is -0.0273. The summed E-state index contributed by atoms with van der Waals surface area (Å²) >= 11 is 6.00. The Hall–Kier alpha value is -1.28. The first-order valence-electron chi connectivity index (χ1n) is 5.29. The number of benzene rings is 1. The van der Waals surface area contributed by atoms with E-state index >= 15 is 0 Å². The number of hydrogen-bond acceptors (Lipinski definition) is 2. The average molecular weight is 235 g/mol. The van der Waals surface area contributed by atoms with E-state index in [0.29, 0.717) is 5.15 Å². The van der Waals surface area contributed by atoms with Crippen molar-refractivity contribution in [2.45, 2.75) is 26.3 Å². The smallest absolute Gasteiger partial charge is 0.136 e. The normalized spacial score (nSPS) is 11.8. The molecule has 2 rings (SSSR count). The standard InChI is InChI=1S/C13H15ClN2/c1-13(2,3)16-12-10-7-5-4-6-9(10)8-11(14)15-12/h4-8H,1-3H3,(H,15,16). The Balaban J connectivity index is 2.59. The highest BCUT2D eigenvalue weighted by molar-refractivity contribution is 6.30. The third kappa shape index (κ3) is 2.45. The fourth-order valence-corrected chi connectivity index (χ4v) is 1.82. The first-order chi connectivity index (χ1) is 7.46. The van der Waals surface area contributed by atoms with E-state index in [1.807, 2.05) is 30.3 Å². The van der Waals surface area contributed by atoms with Crippen molar-refractivity contribution in [2.24, 2.45) is 0 Å². The van der Waals surface area contributed by atoms with Crippen LogP contribution in [0, 0.1) is 0 Å². The van der Waals surface area contributed by atoms with Gasteiger partial charge in [-0.05, 0) is 32.2 Å². The van der Waals surface area contributed by atoms with E-state index < -0.39 is 0 Å². The first kappa shape index (κ1) is 11.2. The zero-order valence-corrected chi connectivity index (χ0v) is 10.5. The van der Waals surface area contributed by atoms with Gasteiger partial charge in [-0.15, -0.1) is 0 Å². The van der Waals surface area contributed by atoms with Crippen LogP contribution in [-0.2, 0) is 0 Å². The molecule has 3 heteroatoms. The van der Waals surface area contributed by atoms with E-state index in [9.17, 15) is 0 Å². The van der Waals surface area contributed by atoms with E-state index in [4.69, 9.17) is 11.6 Å². The molecule has 0 bridgehead atoms. The molecule has 0 saturated carbocycles. The third-order valence-electron chi connectivity index (χ3n) is 2.20. The van der Waals surface area contributed by atoms with Crippen molar-refractivity contribution < 1.29 is 0 Å². The number of pyridine rings is 1. The van der Waals surface area contributed by atoms with E-state index in [1.54, 1.807) is 0 Å². The molecule has 0 radical (unpaired) electrons. The van der Waals surface area contributed by atoms with Crippen molar-refractivity contribution in [2.75, 3.05) is 5.32 Å². The molecule has 1 heterocycles. The second kappa shape index (κ2) is 3.95. The van der Waals surface area contributed by atoms with E-state index in [1.165, 1.54) is 0 Å². The first-order valence-corrected chi connectivity index (χ1v) is 5.67. The summed E-state index contributed by atoms with van der Waals surface area (Å²) < 4.78 is 0. The minimum atomic E-state index is -0.0273. The summed E-state index contributed by atoms with van der Waals surface area (Å²) in [6, 6.07) is 9.97. The van der Waals surface area contributed by atoms with Crippen molar-refractivity contribution in [3.63, 3.8) is 0 Å². The van der Waals surface area contributed by atoms with Crippen molar-refractivity contribution in [3.05, 3.63) is 35.5 Å². The maximum Gasteiger partial charge on any atom is 0.136 e. The fraction of sp³-hybridized carbons (Fsp3) is 0.308. The molecule has 0 saturated heterocycles. The van der Waals surface area contributed by atoms with Gasteiger partial charge in [-0.1, -0.05) is 35.9 Å². The Kier molecular flexibility index (Phi) is 2.76. The Morgan fingerprint density at radius 2 is 1.88 bits per heavy atom. The molecule has 84 valence electrons. The van der Waals surface area contributed by atoms with Crippen LogP contribution < -0.4 is 5.32 Å². The molecule has 16 heavy (non-hydrogen) atoms. The van der Waals surface area contributed by atoms with Gasteiger partial charge in [-0.3, -0.25) is 0 Å². The number of hydrogen-bond donors (Lipinski definition) is 1. The van der Waals surface area contributed by atoms with Gasteiger partial charge in [0.2, 0.25) is 0 Å². The summed E-state index contributed by atoms with van der Waals surface area (Å²) in [5, 5.41) is 6.09. The quantitative estimate of drug-likeness (QED) is 0.752.